The quantitative estimate of drug-likeness (QED) is 0.829. The molecular formula is C18H19ClFN3O. The lowest BCUT2D eigenvalue weighted by Gasteiger charge is -2.36. The molecule has 0 fully saturated rings. The highest BCUT2D eigenvalue weighted by Gasteiger charge is 2.27. The van der Waals surface area contributed by atoms with Crippen LogP contribution in [0.1, 0.15) is 18.9 Å². The number of carbonyl (C=O) groups excluding carboxylic acids is 1. The van der Waals surface area contributed by atoms with Crippen molar-refractivity contribution < 1.29 is 9.18 Å². The van der Waals surface area contributed by atoms with Crippen LogP contribution in [0.15, 0.2) is 36.4 Å². The number of carbonyl (C=O) groups is 1. The van der Waals surface area contributed by atoms with E-state index in [1.807, 2.05) is 30.0 Å². The van der Waals surface area contributed by atoms with Crippen molar-refractivity contribution >= 4 is 34.6 Å². The predicted molar refractivity (Wildman–Crippen MR) is 96.0 cm³/mol. The standard InChI is InChI=1S/C18H19ClFN3O/c1-11(18(24)22-16-8-7-12(20)10-14(16)19)23-9-3-4-13-15(21)5-2-6-17(13)23/h2,5-8,10-11H,3-4,9,21H2,1H3,(H,22,24). The van der Waals surface area contributed by atoms with Gasteiger partial charge in [0.1, 0.15) is 11.9 Å². The van der Waals surface area contributed by atoms with E-state index in [0.717, 1.165) is 36.3 Å². The van der Waals surface area contributed by atoms with Crippen LogP contribution in [-0.4, -0.2) is 18.5 Å². The molecule has 0 spiro atoms. The summed E-state index contributed by atoms with van der Waals surface area (Å²) in [6.45, 7) is 2.62. The van der Waals surface area contributed by atoms with Crippen LogP contribution in [0, 0.1) is 5.82 Å². The number of amides is 1. The number of nitrogen functional groups attached to an aromatic ring is 1. The highest BCUT2D eigenvalue weighted by molar-refractivity contribution is 6.33. The van der Waals surface area contributed by atoms with Gasteiger partial charge in [-0.1, -0.05) is 17.7 Å². The molecule has 1 atom stereocenters. The molecule has 0 saturated heterocycles. The van der Waals surface area contributed by atoms with Crippen molar-refractivity contribution in [1.82, 2.24) is 0 Å². The van der Waals surface area contributed by atoms with E-state index in [1.54, 1.807) is 0 Å². The van der Waals surface area contributed by atoms with Crippen molar-refractivity contribution in [1.29, 1.82) is 0 Å². The highest BCUT2D eigenvalue weighted by atomic mass is 35.5. The summed E-state index contributed by atoms with van der Waals surface area (Å²) in [6, 6.07) is 9.28. The maximum atomic E-state index is 13.1. The van der Waals surface area contributed by atoms with Crippen LogP contribution in [0.25, 0.3) is 0 Å². The molecule has 0 saturated carbocycles. The second-order valence-electron chi connectivity index (χ2n) is 5.93. The molecule has 0 bridgehead atoms. The zero-order chi connectivity index (χ0) is 17.3. The minimum absolute atomic E-state index is 0.179. The summed E-state index contributed by atoms with van der Waals surface area (Å²) in [5.41, 5.74) is 9.30. The van der Waals surface area contributed by atoms with Crippen LogP contribution in [0.4, 0.5) is 21.5 Å². The molecule has 1 aliphatic rings. The molecule has 24 heavy (non-hydrogen) atoms. The fraction of sp³-hybridized carbons (Fsp3) is 0.278. The van der Waals surface area contributed by atoms with E-state index in [2.05, 4.69) is 5.32 Å². The first-order valence-electron chi connectivity index (χ1n) is 7.87. The summed E-state index contributed by atoms with van der Waals surface area (Å²) in [7, 11) is 0. The van der Waals surface area contributed by atoms with Crippen molar-refractivity contribution in [3.8, 4) is 0 Å². The topological polar surface area (TPSA) is 58.4 Å². The Balaban J connectivity index is 1.81. The van der Waals surface area contributed by atoms with Crippen LogP contribution in [0.2, 0.25) is 5.02 Å². The van der Waals surface area contributed by atoms with Gasteiger partial charge in [-0.3, -0.25) is 4.79 Å². The summed E-state index contributed by atoms with van der Waals surface area (Å²) in [6.07, 6.45) is 1.85. The number of halogens is 2. The summed E-state index contributed by atoms with van der Waals surface area (Å²) in [5, 5.41) is 2.95. The Morgan fingerprint density at radius 3 is 2.92 bits per heavy atom. The van der Waals surface area contributed by atoms with Gasteiger partial charge >= 0.3 is 0 Å². The van der Waals surface area contributed by atoms with Crippen molar-refractivity contribution in [2.75, 3.05) is 22.5 Å². The van der Waals surface area contributed by atoms with Crippen LogP contribution in [0.3, 0.4) is 0 Å². The number of fused-ring (bicyclic) bond motifs is 1. The monoisotopic (exact) mass is 347 g/mol. The lowest BCUT2D eigenvalue weighted by atomic mass is 9.98. The third kappa shape index (κ3) is 3.17. The zero-order valence-electron chi connectivity index (χ0n) is 13.4. The fourth-order valence-corrected chi connectivity index (χ4v) is 3.27. The van der Waals surface area contributed by atoms with Gasteiger partial charge in [0, 0.05) is 17.9 Å². The Kier molecular flexibility index (Phi) is 4.62. The first-order valence-corrected chi connectivity index (χ1v) is 8.25. The number of nitrogens with one attached hydrogen (secondary N) is 1. The number of anilines is 3. The molecule has 1 amide bonds. The molecule has 0 radical (unpaired) electrons. The van der Waals surface area contributed by atoms with Gasteiger partial charge < -0.3 is 16.0 Å². The second kappa shape index (κ2) is 6.69. The molecule has 6 heteroatoms. The number of hydrogen-bond donors (Lipinski definition) is 2. The Morgan fingerprint density at radius 1 is 1.38 bits per heavy atom. The first-order chi connectivity index (χ1) is 11.5. The minimum atomic E-state index is -0.438. The molecule has 1 aliphatic heterocycles. The zero-order valence-corrected chi connectivity index (χ0v) is 14.1. The molecule has 4 nitrogen and oxygen atoms in total. The van der Waals surface area contributed by atoms with Crippen molar-refractivity contribution in [3.63, 3.8) is 0 Å². The van der Waals surface area contributed by atoms with E-state index in [1.165, 1.54) is 18.2 Å². The Bertz CT molecular complexity index is 781. The number of nitrogens with zero attached hydrogens (tertiary/aromatic N) is 1. The van der Waals surface area contributed by atoms with Crippen molar-refractivity contribution in [3.05, 3.63) is 52.8 Å². The van der Waals surface area contributed by atoms with Crippen LogP contribution < -0.4 is 16.0 Å². The summed E-state index contributed by atoms with van der Waals surface area (Å²) < 4.78 is 13.1. The maximum absolute atomic E-state index is 13.1. The lowest BCUT2D eigenvalue weighted by molar-refractivity contribution is -0.117. The predicted octanol–water partition coefficient (Wildman–Crippen LogP) is 3.84. The van der Waals surface area contributed by atoms with E-state index in [-0.39, 0.29) is 10.9 Å². The van der Waals surface area contributed by atoms with E-state index in [0.29, 0.717) is 5.69 Å². The van der Waals surface area contributed by atoms with Gasteiger partial charge in [0.2, 0.25) is 5.91 Å². The second-order valence-corrected chi connectivity index (χ2v) is 6.34. The summed E-state index contributed by atoms with van der Waals surface area (Å²) in [4.78, 5) is 14.7. The van der Waals surface area contributed by atoms with Crippen LogP contribution in [0.5, 0.6) is 0 Å². The van der Waals surface area contributed by atoms with Gasteiger partial charge in [0.25, 0.3) is 0 Å². The molecule has 2 aromatic rings. The van der Waals surface area contributed by atoms with Crippen molar-refractivity contribution in [2.45, 2.75) is 25.8 Å². The van der Waals surface area contributed by atoms with E-state index >= 15 is 0 Å². The summed E-state index contributed by atoms with van der Waals surface area (Å²) >= 11 is 5.98. The number of benzene rings is 2. The van der Waals surface area contributed by atoms with Gasteiger partial charge in [-0.05, 0) is 55.7 Å². The van der Waals surface area contributed by atoms with Crippen LogP contribution >= 0.6 is 11.6 Å². The van der Waals surface area contributed by atoms with Gasteiger partial charge in [0.05, 0.1) is 10.7 Å². The van der Waals surface area contributed by atoms with Gasteiger partial charge in [0.15, 0.2) is 0 Å². The number of nitrogens with two attached hydrogens (primary N) is 1. The fourth-order valence-electron chi connectivity index (χ4n) is 3.05. The Hall–Kier alpha value is -2.27. The molecule has 0 aliphatic carbocycles. The first kappa shape index (κ1) is 16.6. The van der Waals surface area contributed by atoms with E-state index < -0.39 is 11.9 Å². The smallest absolute Gasteiger partial charge is 0.246 e. The molecule has 3 rings (SSSR count). The molecule has 3 N–H and O–H groups in total. The summed E-state index contributed by atoms with van der Waals surface area (Å²) in [5.74, 6) is -0.634. The normalized spacial score (nSPS) is 14.9. The third-order valence-corrected chi connectivity index (χ3v) is 4.67. The van der Waals surface area contributed by atoms with Gasteiger partial charge in [-0.2, -0.15) is 0 Å². The van der Waals surface area contributed by atoms with Crippen molar-refractivity contribution in [2.24, 2.45) is 0 Å². The molecule has 0 aromatic heterocycles. The number of hydrogen-bond acceptors (Lipinski definition) is 3. The molecular weight excluding hydrogens is 329 g/mol. The molecule has 126 valence electrons. The lowest BCUT2D eigenvalue weighted by Crippen LogP contribution is -2.44. The number of rotatable bonds is 3. The van der Waals surface area contributed by atoms with Crippen LogP contribution in [-0.2, 0) is 11.2 Å². The average Bonchev–Trinajstić information content (AvgIpc) is 2.56. The van der Waals surface area contributed by atoms with Gasteiger partial charge in [-0.15, -0.1) is 0 Å². The molecule has 2 aromatic carbocycles. The SMILES string of the molecule is CC(C(=O)Nc1ccc(F)cc1Cl)N1CCCc2c(N)cccc21. The van der Waals surface area contributed by atoms with Gasteiger partial charge in [-0.25, -0.2) is 4.39 Å². The molecule has 1 unspecified atom stereocenters. The molecule has 1 heterocycles. The maximum Gasteiger partial charge on any atom is 0.246 e. The third-order valence-electron chi connectivity index (χ3n) is 4.36. The minimum Gasteiger partial charge on any atom is -0.398 e. The average molecular weight is 348 g/mol. The highest BCUT2D eigenvalue weighted by Crippen LogP contribution is 2.33. The Labute approximate surface area is 145 Å². The Morgan fingerprint density at radius 2 is 2.17 bits per heavy atom. The van der Waals surface area contributed by atoms with E-state index in [9.17, 15) is 9.18 Å². The van der Waals surface area contributed by atoms with E-state index in [4.69, 9.17) is 17.3 Å². The largest absolute Gasteiger partial charge is 0.398 e.